The molecular formula is C27H26ClF3N4O4. The molecule has 1 aliphatic carbocycles. The fourth-order valence-corrected chi connectivity index (χ4v) is 5.35. The molecule has 0 spiro atoms. The monoisotopic (exact) mass is 562 g/mol. The highest BCUT2D eigenvalue weighted by Gasteiger charge is 2.36. The molecule has 2 aromatic heterocycles. The summed E-state index contributed by atoms with van der Waals surface area (Å²) < 4.78 is 51.6. The Kier molecular flexibility index (Phi) is 7.44. The maximum absolute atomic E-state index is 12.7. The van der Waals surface area contributed by atoms with Crippen molar-refractivity contribution in [1.29, 1.82) is 0 Å². The zero-order chi connectivity index (χ0) is 27.7. The number of ether oxygens (including phenoxy) is 2. The van der Waals surface area contributed by atoms with Gasteiger partial charge in [0.15, 0.2) is 0 Å². The maximum atomic E-state index is 12.7. The molecule has 2 aromatic carbocycles. The minimum Gasteiger partial charge on any atom is -0.487 e. The number of hydrogen-bond donors (Lipinski definition) is 1. The number of nitrogens with zero attached hydrogens (tertiary/aromatic N) is 4. The molecule has 1 aliphatic rings. The third-order valence-corrected chi connectivity index (χ3v) is 7.26. The van der Waals surface area contributed by atoms with E-state index in [1.807, 2.05) is 36.0 Å². The second-order valence-electron chi connectivity index (χ2n) is 9.61. The summed E-state index contributed by atoms with van der Waals surface area (Å²) >= 11 is 6.39. The van der Waals surface area contributed by atoms with E-state index in [1.54, 1.807) is 10.7 Å². The number of fused-ring (bicyclic) bond motifs is 1. The first-order chi connectivity index (χ1) is 18.6. The lowest BCUT2D eigenvalue weighted by molar-refractivity contribution is -0.274. The van der Waals surface area contributed by atoms with Crippen molar-refractivity contribution in [2.24, 2.45) is 13.0 Å². The SMILES string of the molecule is Cn1ccc(COc2ccc3nc([C@H]4CCCC[C@H]4C(=O)O)n(Cc4ccc(OC(F)(F)F)cc4Cl)c3c2)n1. The van der Waals surface area contributed by atoms with Gasteiger partial charge in [-0.25, -0.2) is 4.98 Å². The Labute approximate surface area is 226 Å². The van der Waals surface area contributed by atoms with Crippen molar-refractivity contribution in [3.05, 3.63) is 70.8 Å². The summed E-state index contributed by atoms with van der Waals surface area (Å²) in [5.74, 6) is -1.04. The van der Waals surface area contributed by atoms with Gasteiger partial charge in [0.05, 0.1) is 29.2 Å². The van der Waals surface area contributed by atoms with E-state index in [9.17, 15) is 23.1 Å². The fourth-order valence-electron chi connectivity index (χ4n) is 5.12. The van der Waals surface area contributed by atoms with Crippen molar-refractivity contribution in [1.82, 2.24) is 19.3 Å². The number of aryl methyl sites for hydroxylation is 1. The Morgan fingerprint density at radius 3 is 2.59 bits per heavy atom. The van der Waals surface area contributed by atoms with E-state index < -0.39 is 24.0 Å². The van der Waals surface area contributed by atoms with Gasteiger partial charge < -0.3 is 19.1 Å². The van der Waals surface area contributed by atoms with Gasteiger partial charge in [-0.2, -0.15) is 5.10 Å². The molecule has 2 atom stereocenters. The molecule has 0 radical (unpaired) electrons. The lowest BCUT2D eigenvalue weighted by atomic mass is 9.78. The highest BCUT2D eigenvalue weighted by molar-refractivity contribution is 6.31. The number of rotatable bonds is 8. The summed E-state index contributed by atoms with van der Waals surface area (Å²) in [6.45, 7) is 0.424. The second kappa shape index (κ2) is 10.8. The molecular weight excluding hydrogens is 537 g/mol. The molecule has 206 valence electrons. The van der Waals surface area contributed by atoms with E-state index in [0.717, 1.165) is 24.6 Å². The van der Waals surface area contributed by atoms with Gasteiger partial charge in [-0.1, -0.05) is 30.5 Å². The fraction of sp³-hybridized carbons (Fsp3) is 0.370. The Morgan fingerprint density at radius 2 is 1.90 bits per heavy atom. The van der Waals surface area contributed by atoms with Crippen LogP contribution in [0.4, 0.5) is 13.2 Å². The predicted octanol–water partition coefficient (Wildman–Crippen LogP) is 6.31. The van der Waals surface area contributed by atoms with Crippen LogP contribution in [0.5, 0.6) is 11.5 Å². The Balaban J connectivity index is 1.53. The van der Waals surface area contributed by atoms with Gasteiger partial charge in [-0.15, -0.1) is 13.2 Å². The molecule has 8 nitrogen and oxygen atoms in total. The third kappa shape index (κ3) is 6.13. The number of carbonyl (C=O) groups is 1. The predicted molar refractivity (Wildman–Crippen MR) is 137 cm³/mol. The number of aliphatic carboxylic acids is 1. The van der Waals surface area contributed by atoms with E-state index in [0.29, 0.717) is 41.0 Å². The van der Waals surface area contributed by atoms with E-state index in [2.05, 4.69) is 9.84 Å². The first-order valence-electron chi connectivity index (χ1n) is 12.5. The van der Waals surface area contributed by atoms with Gasteiger partial charge in [0.2, 0.25) is 0 Å². The van der Waals surface area contributed by atoms with Gasteiger partial charge in [0.25, 0.3) is 0 Å². The van der Waals surface area contributed by atoms with Crippen LogP contribution >= 0.6 is 11.6 Å². The lowest BCUT2D eigenvalue weighted by Gasteiger charge is -2.28. The van der Waals surface area contributed by atoms with Crippen molar-refractivity contribution in [2.45, 2.75) is 51.1 Å². The molecule has 2 heterocycles. The molecule has 5 rings (SSSR count). The van der Waals surface area contributed by atoms with Gasteiger partial charge in [-0.3, -0.25) is 9.48 Å². The first-order valence-corrected chi connectivity index (χ1v) is 12.8. The van der Waals surface area contributed by atoms with Gasteiger partial charge >= 0.3 is 12.3 Å². The van der Waals surface area contributed by atoms with Crippen LogP contribution in [-0.2, 0) is 25.0 Å². The minimum atomic E-state index is -4.84. The van der Waals surface area contributed by atoms with Crippen LogP contribution in [0.3, 0.4) is 0 Å². The molecule has 1 fully saturated rings. The summed E-state index contributed by atoms with van der Waals surface area (Å²) in [5.41, 5.74) is 2.64. The van der Waals surface area contributed by atoms with Crippen LogP contribution in [0.25, 0.3) is 11.0 Å². The lowest BCUT2D eigenvalue weighted by Crippen LogP contribution is -2.27. The Hall–Kier alpha value is -3.73. The van der Waals surface area contributed by atoms with Gasteiger partial charge in [0, 0.05) is 30.3 Å². The molecule has 12 heteroatoms. The van der Waals surface area contributed by atoms with Crippen molar-refractivity contribution in [3.8, 4) is 11.5 Å². The highest BCUT2D eigenvalue weighted by Crippen LogP contribution is 2.40. The molecule has 1 saturated carbocycles. The number of carboxylic acid groups (broad SMARTS) is 1. The smallest absolute Gasteiger partial charge is 0.487 e. The topological polar surface area (TPSA) is 91.4 Å². The molecule has 0 saturated heterocycles. The van der Waals surface area contributed by atoms with E-state index in [-0.39, 0.29) is 24.1 Å². The van der Waals surface area contributed by atoms with Crippen LogP contribution < -0.4 is 9.47 Å². The van der Waals surface area contributed by atoms with Crippen LogP contribution in [0.1, 0.15) is 48.7 Å². The number of benzene rings is 2. The van der Waals surface area contributed by atoms with Crippen molar-refractivity contribution in [2.75, 3.05) is 0 Å². The molecule has 4 aromatic rings. The molecule has 0 bridgehead atoms. The summed E-state index contributed by atoms with van der Waals surface area (Å²) in [5, 5.41) is 14.3. The maximum Gasteiger partial charge on any atom is 0.573 e. The van der Waals surface area contributed by atoms with E-state index in [1.165, 1.54) is 12.1 Å². The van der Waals surface area contributed by atoms with Crippen LogP contribution in [0, 0.1) is 5.92 Å². The number of imidazole rings is 1. The zero-order valence-corrected chi connectivity index (χ0v) is 21.7. The summed E-state index contributed by atoms with van der Waals surface area (Å²) in [7, 11) is 1.82. The zero-order valence-electron chi connectivity index (χ0n) is 21.0. The largest absolute Gasteiger partial charge is 0.573 e. The average molecular weight is 563 g/mol. The number of halogens is 4. The van der Waals surface area contributed by atoms with Crippen LogP contribution in [0.2, 0.25) is 5.02 Å². The number of aromatic nitrogens is 4. The summed E-state index contributed by atoms with van der Waals surface area (Å²) in [4.78, 5) is 16.9. The number of alkyl halides is 3. The van der Waals surface area contributed by atoms with E-state index >= 15 is 0 Å². The summed E-state index contributed by atoms with van der Waals surface area (Å²) in [6.07, 6.45) is -0.106. The highest BCUT2D eigenvalue weighted by atomic mass is 35.5. The quantitative estimate of drug-likeness (QED) is 0.271. The third-order valence-electron chi connectivity index (χ3n) is 6.91. The molecule has 0 amide bonds. The van der Waals surface area contributed by atoms with Crippen molar-refractivity contribution >= 4 is 28.6 Å². The molecule has 0 unspecified atom stereocenters. The van der Waals surface area contributed by atoms with Crippen LogP contribution in [-0.4, -0.2) is 36.8 Å². The molecule has 39 heavy (non-hydrogen) atoms. The first kappa shape index (κ1) is 26.9. The summed E-state index contributed by atoms with van der Waals surface area (Å²) in [6, 6.07) is 11.1. The molecule has 0 aliphatic heterocycles. The Bertz CT molecular complexity index is 1500. The van der Waals surface area contributed by atoms with Crippen molar-refractivity contribution in [3.63, 3.8) is 0 Å². The average Bonchev–Trinajstić information content (AvgIpc) is 3.46. The van der Waals surface area contributed by atoms with Gasteiger partial charge in [-0.05, 0) is 48.7 Å². The van der Waals surface area contributed by atoms with E-state index in [4.69, 9.17) is 21.3 Å². The molecule has 1 N–H and O–H groups in total. The Morgan fingerprint density at radius 1 is 1.13 bits per heavy atom. The number of carboxylic acids is 1. The minimum absolute atomic E-state index is 0.0885. The normalized spacial score (nSPS) is 17.9. The van der Waals surface area contributed by atoms with Gasteiger partial charge in [0.1, 0.15) is 23.9 Å². The standard InChI is InChI=1S/C27H26ClF3N4O4/c1-34-11-10-17(33-34)15-38-18-8-9-23-24(13-18)35(25(32-23)20-4-2-3-5-21(20)26(36)37)14-16-6-7-19(12-22(16)28)39-27(29,30)31/h6-13,20-21H,2-5,14-15H2,1H3,(H,36,37)/t20-,21+/m0/s1. The second-order valence-corrected chi connectivity index (χ2v) is 10.0. The van der Waals surface area contributed by atoms with Crippen molar-refractivity contribution < 1.29 is 32.5 Å². The van der Waals surface area contributed by atoms with Crippen LogP contribution in [0.15, 0.2) is 48.7 Å². The number of hydrogen-bond acceptors (Lipinski definition) is 5.